The smallest absolute Gasteiger partial charge is 0.240 e. The molecule has 0 aliphatic carbocycles. The molecule has 1 rings (SSSR count). The van der Waals surface area contributed by atoms with Crippen molar-refractivity contribution < 1.29 is 13.2 Å². The molecule has 1 saturated heterocycles. The quantitative estimate of drug-likeness (QED) is 0.652. The third-order valence-electron chi connectivity index (χ3n) is 2.65. The number of carbonyl (C=O) groups excluding carboxylic acids is 1. The summed E-state index contributed by atoms with van der Waals surface area (Å²) in [6, 6.07) is 0.145. The van der Waals surface area contributed by atoms with Crippen LogP contribution in [0.15, 0.2) is 0 Å². The summed E-state index contributed by atoms with van der Waals surface area (Å²) in [6.45, 7) is 2.93. The summed E-state index contributed by atoms with van der Waals surface area (Å²) in [6.07, 6.45) is 1.09. The number of hydrogen-bond donors (Lipinski definition) is 1. The van der Waals surface area contributed by atoms with Crippen LogP contribution in [0.3, 0.4) is 0 Å². The number of hydrogen-bond acceptors (Lipinski definition) is 4. The molecular formula is C8H16N2O3S. The fourth-order valence-corrected chi connectivity index (χ4v) is 1.73. The van der Waals surface area contributed by atoms with E-state index in [-0.39, 0.29) is 11.9 Å². The van der Waals surface area contributed by atoms with Gasteiger partial charge < -0.3 is 10.2 Å². The van der Waals surface area contributed by atoms with Crippen LogP contribution in [0, 0.1) is 0 Å². The molecule has 0 aromatic rings. The molecule has 1 unspecified atom stereocenters. The Morgan fingerprint density at radius 1 is 1.50 bits per heavy atom. The van der Waals surface area contributed by atoms with Crippen LogP contribution >= 0.6 is 0 Å². The average Bonchev–Trinajstić information content (AvgIpc) is 1.96. The number of amides is 1. The molecule has 1 amide bonds. The maximum absolute atomic E-state index is 11.6. The Hall–Kier alpha value is -0.620. The van der Waals surface area contributed by atoms with Crippen molar-refractivity contribution >= 4 is 15.7 Å². The lowest BCUT2D eigenvalue weighted by molar-refractivity contribution is -0.132. The Balaban J connectivity index is 2.64. The fourth-order valence-electron chi connectivity index (χ4n) is 1.20. The highest BCUT2D eigenvalue weighted by Gasteiger charge is 2.32. The third-order valence-corrected chi connectivity index (χ3v) is 4.13. The van der Waals surface area contributed by atoms with Gasteiger partial charge in [-0.3, -0.25) is 4.79 Å². The largest absolute Gasteiger partial charge is 0.339 e. The summed E-state index contributed by atoms with van der Waals surface area (Å²) in [5, 5.41) is 2.09. The van der Waals surface area contributed by atoms with Gasteiger partial charge in [-0.05, 0) is 6.92 Å². The van der Waals surface area contributed by atoms with E-state index in [4.69, 9.17) is 0 Å². The number of likely N-dealkylation sites (N-methyl/N-ethyl adjacent to an activating group) is 1. The van der Waals surface area contributed by atoms with E-state index < -0.39 is 15.1 Å². The van der Waals surface area contributed by atoms with Gasteiger partial charge in [-0.1, -0.05) is 0 Å². The first-order chi connectivity index (χ1) is 6.34. The molecule has 1 fully saturated rings. The Labute approximate surface area is 84.4 Å². The first-order valence-corrected chi connectivity index (χ1v) is 6.45. The molecule has 0 radical (unpaired) electrons. The molecule has 0 spiro atoms. The predicted octanol–water partition coefficient (Wildman–Crippen LogP) is -1.15. The molecular weight excluding hydrogens is 204 g/mol. The molecule has 82 valence electrons. The van der Waals surface area contributed by atoms with Gasteiger partial charge in [0.25, 0.3) is 0 Å². The van der Waals surface area contributed by atoms with Gasteiger partial charge in [-0.2, -0.15) is 0 Å². The van der Waals surface area contributed by atoms with Crippen molar-refractivity contribution in [1.29, 1.82) is 0 Å². The second kappa shape index (κ2) is 3.86. The molecule has 6 heteroatoms. The molecule has 0 saturated carbocycles. The molecule has 14 heavy (non-hydrogen) atoms. The number of rotatable bonds is 3. The highest BCUT2D eigenvalue weighted by atomic mass is 32.2. The van der Waals surface area contributed by atoms with Crippen molar-refractivity contribution in [3.8, 4) is 0 Å². The summed E-state index contributed by atoms with van der Waals surface area (Å²) in [5.41, 5.74) is 0. The summed E-state index contributed by atoms with van der Waals surface area (Å²) in [4.78, 5) is 13.2. The zero-order chi connectivity index (χ0) is 10.9. The Morgan fingerprint density at radius 3 is 2.29 bits per heavy atom. The standard InChI is InChI=1S/C8H16N2O3S/c1-6(14(3,12)13)8(11)10(2)7-4-9-5-7/h6-7,9H,4-5H2,1-3H3. The molecule has 0 aromatic heterocycles. The van der Waals surface area contributed by atoms with Gasteiger partial charge in [-0.25, -0.2) is 8.42 Å². The van der Waals surface area contributed by atoms with Crippen molar-refractivity contribution in [2.75, 3.05) is 26.4 Å². The van der Waals surface area contributed by atoms with E-state index in [1.54, 1.807) is 7.05 Å². The first kappa shape index (κ1) is 11.5. The van der Waals surface area contributed by atoms with Crippen molar-refractivity contribution in [2.24, 2.45) is 0 Å². The van der Waals surface area contributed by atoms with Crippen LogP contribution in [0.1, 0.15) is 6.92 Å². The van der Waals surface area contributed by atoms with Crippen molar-refractivity contribution in [2.45, 2.75) is 18.2 Å². The fraction of sp³-hybridized carbons (Fsp3) is 0.875. The lowest BCUT2D eigenvalue weighted by atomic mass is 10.1. The van der Waals surface area contributed by atoms with E-state index in [9.17, 15) is 13.2 Å². The Morgan fingerprint density at radius 2 is 2.00 bits per heavy atom. The van der Waals surface area contributed by atoms with Crippen molar-refractivity contribution in [3.05, 3.63) is 0 Å². The molecule has 1 heterocycles. The van der Waals surface area contributed by atoms with E-state index in [1.165, 1.54) is 11.8 Å². The minimum Gasteiger partial charge on any atom is -0.339 e. The van der Waals surface area contributed by atoms with Gasteiger partial charge in [0.15, 0.2) is 9.84 Å². The lowest BCUT2D eigenvalue weighted by Gasteiger charge is -2.36. The number of nitrogens with one attached hydrogen (secondary N) is 1. The van der Waals surface area contributed by atoms with Gasteiger partial charge in [0, 0.05) is 26.4 Å². The minimum atomic E-state index is -3.28. The molecule has 1 aliphatic heterocycles. The summed E-state index contributed by atoms with van der Waals surface area (Å²) in [7, 11) is -1.63. The number of sulfone groups is 1. The number of nitrogens with zero attached hydrogens (tertiary/aromatic N) is 1. The van der Waals surface area contributed by atoms with Crippen LogP contribution in [0.5, 0.6) is 0 Å². The Bertz CT molecular complexity index is 321. The van der Waals surface area contributed by atoms with Crippen LogP contribution in [-0.4, -0.2) is 56.9 Å². The van der Waals surface area contributed by atoms with Crippen LogP contribution in [0.25, 0.3) is 0 Å². The molecule has 5 nitrogen and oxygen atoms in total. The predicted molar refractivity (Wildman–Crippen MR) is 53.7 cm³/mol. The second-order valence-electron chi connectivity index (χ2n) is 3.73. The van der Waals surface area contributed by atoms with E-state index in [0.717, 1.165) is 19.3 Å². The Kier molecular flexibility index (Phi) is 3.16. The molecule has 0 aromatic carbocycles. The van der Waals surface area contributed by atoms with Gasteiger partial charge in [0.05, 0.1) is 6.04 Å². The van der Waals surface area contributed by atoms with E-state index in [1.807, 2.05) is 0 Å². The summed E-state index contributed by atoms with van der Waals surface area (Å²) >= 11 is 0. The second-order valence-corrected chi connectivity index (χ2v) is 6.10. The highest BCUT2D eigenvalue weighted by Crippen LogP contribution is 2.08. The SMILES string of the molecule is CC(C(=O)N(C)C1CNC1)S(C)(=O)=O. The summed E-state index contributed by atoms with van der Waals surface area (Å²) in [5.74, 6) is -0.320. The van der Waals surface area contributed by atoms with Crippen LogP contribution in [-0.2, 0) is 14.6 Å². The zero-order valence-electron chi connectivity index (χ0n) is 8.65. The van der Waals surface area contributed by atoms with Gasteiger partial charge in [0.1, 0.15) is 5.25 Å². The highest BCUT2D eigenvalue weighted by molar-refractivity contribution is 7.92. The van der Waals surface area contributed by atoms with Gasteiger partial charge >= 0.3 is 0 Å². The topological polar surface area (TPSA) is 66.5 Å². The van der Waals surface area contributed by atoms with Gasteiger partial charge in [-0.15, -0.1) is 0 Å². The number of carbonyl (C=O) groups is 1. The average molecular weight is 220 g/mol. The molecule has 1 atom stereocenters. The van der Waals surface area contributed by atoms with Gasteiger partial charge in [0.2, 0.25) is 5.91 Å². The first-order valence-electron chi connectivity index (χ1n) is 4.50. The van der Waals surface area contributed by atoms with Crippen molar-refractivity contribution in [1.82, 2.24) is 10.2 Å². The van der Waals surface area contributed by atoms with Crippen LogP contribution < -0.4 is 5.32 Å². The van der Waals surface area contributed by atoms with Crippen LogP contribution in [0.2, 0.25) is 0 Å². The minimum absolute atomic E-state index is 0.145. The summed E-state index contributed by atoms with van der Waals surface area (Å²) < 4.78 is 22.3. The zero-order valence-corrected chi connectivity index (χ0v) is 9.47. The maximum Gasteiger partial charge on any atom is 0.240 e. The third kappa shape index (κ3) is 2.24. The molecule has 1 N–H and O–H groups in total. The van der Waals surface area contributed by atoms with E-state index in [0.29, 0.717) is 0 Å². The van der Waals surface area contributed by atoms with E-state index >= 15 is 0 Å². The van der Waals surface area contributed by atoms with Crippen molar-refractivity contribution in [3.63, 3.8) is 0 Å². The van der Waals surface area contributed by atoms with Crippen LogP contribution in [0.4, 0.5) is 0 Å². The molecule has 1 aliphatic rings. The maximum atomic E-state index is 11.6. The lowest BCUT2D eigenvalue weighted by Crippen LogP contribution is -2.59. The monoisotopic (exact) mass is 220 g/mol. The molecule has 0 bridgehead atoms. The van der Waals surface area contributed by atoms with E-state index in [2.05, 4.69) is 5.32 Å². The normalized spacial score (nSPS) is 19.9.